The van der Waals surface area contributed by atoms with Crippen molar-refractivity contribution in [2.24, 2.45) is 5.92 Å². The fourth-order valence-corrected chi connectivity index (χ4v) is 4.00. The summed E-state index contributed by atoms with van der Waals surface area (Å²) >= 11 is 0. The van der Waals surface area contributed by atoms with Crippen LogP contribution in [0.3, 0.4) is 0 Å². The normalized spacial score (nSPS) is 15.0. The van der Waals surface area contributed by atoms with E-state index in [9.17, 15) is 14.0 Å². The number of carbonyl (C=O) groups is 2. The van der Waals surface area contributed by atoms with Gasteiger partial charge >= 0.3 is 0 Å². The maximum Gasteiger partial charge on any atom is 0.243 e. The standard InChI is InChI=1S/C28H30FN3O4/c1-3-19-7-12-24(13-8-19)32-17-21(15-27(32)33)28(34)31-30-23-11-14-25(26(16-23)35-4-2)36-18-20-5-9-22(29)10-6-20/h5-14,16,21,30H,3-4,15,17-18H2,1-2H3,(H,31,34)/t21-/m0/s1. The zero-order valence-electron chi connectivity index (χ0n) is 20.4. The van der Waals surface area contributed by atoms with Crippen LogP contribution in [0.1, 0.15) is 31.4 Å². The number of amides is 2. The van der Waals surface area contributed by atoms with E-state index in [1.165, 1.54) is 17.7 Å². The molecule has 1 fully saturated rings. The molecule has 0 aliphatic carbocycles. The highest BCUT2D eigenvalue weighted by molar-refractivity contribution is 6.00. The van der Waals surface area contributed by atoms with Gasteiger partial charge in [0.15, 0.2) is 11.5 Å². The Bertz CT molecular complexity index is 1200. The summed E-state index contributed by atoms with van der Waals surface area (Å²) in [5.74, 6) is -0.0424. The number of hydrazine groups is 1. The molecule has 188 valence electrons. The van der Waals surface area contributed by atoms with E-state index in [0.717, 1.165) is 17.7 Å². The molecule has 0 spiro atoms. The molecule has 1 aliphatic rings. The average Bonchev–Trinajstić information content (AvgIpc) is 3.29. The van der Waals surface area contributed by atoms with Crippen molar-refractivity contribution in [1.82, 2.24) is 5.43 Å². The maximum atomic E-state index is 13.1. The number of nitrogens with one attached hydrogen (secondary N) is 2. The minimum atomic E-state index is -0.458. The van der Waals surface area contributed by atoms with Gasteiger partial charge in [-0.3, -0.25) is 20.4 Å². The number of hydrogen-bond acceptors (Lipinski definition) is 5. The van der Waals surface area contributed by atoms with Gasteiger partial charge < -0.3 is 14.4 Å². The third-order valence-electron chi connectivity index (χ3n) is 6.03. The second kappa shape index (κ2) is 11.6. The fourth-order valence-electron chi connectivity index (χ4n) is 4.00. The van der Waals surface area contributed by atoms with Crippen molar-refractivity contribution in [3.05, 3.63) is 83.7 Å². The number of halogens is 1. The van der Waals surface area contributed by atoms with Crippen molar-refractivity contribution in [3.8, 4) is 11.5 Å². The molecule has 4 rings (SSSR count). The predicted molar refractivity (Wildman–Crippen MR) is 136 cm³/mol. The summed E-state index contributed by atoms with van der Waals surface area (Å²) in [4.78, 5) is 27.0. The molecule has 1 aliphatic heterocycles. The number of carbonyl (C=O) groups excluding carboxylic acids is 2. The van der Waals surface area contributed by atoms with Crippen LogP contribution in [0.5, 0.6) is 11.5 Å². The molecule has 1 heterocycles. The SMILES string of the molecule is CCOc1cc(NNC(=O)[C@H]2CC(=O)N(c3ccc(CC)cc3)C2)ccc1OCc1ccc(F)cc1. The number of nitrogens with zero attached hydrogens (tertiary/aromatic N) is 1. The van der Waals surface area contributed by atoms with Crippen LogP contribution in [0.15, 0.2) is 66.7 Å². The first-order valence-electron chi connectivity index (χ1n) is 12.1. The molecule has 3 aromatic rings. The predicted octanol–water partition coefficient (Wildman–Crippen LogP) is 4.86. The zero-order chi connectivity index (χ0) is 25.5. The highest BCUT2D eigenvalue weighted by atomic mass is 19.1. The summed E-state index contributed by atoms with van der Waals surface area (Å²) in [6.07, 6.45) is 1.08. The van der Waals surface area contributed by atoms with E-state index in [0.29, 0.717) is 30.3 Å². The van der Waals surface area contributed by atoms with Crippen LogP contribution in [0.2, 0.25) is 0 Å². The Morgan fingerprint density at radius 3 is 2.39 bits per heavy atom. The Balaban J connectivity index is 1.34. The second-order valence-electron chi connectivity index (χ2n) is 8.55. The molecule has 8 heteroatoms. The molecule has 2 N–H and O–H groups in total. The van der Waals surface area contributed by atoms with Gasteiger partial charge in [-0.1, -0.05) is 31.2 Å². The molecule has 0 unspecified atom stereocenters. The van der Waals surface area contributed by atoms with Gasteiger partial charge in [-0.2, -0.15) is 0 Å². The van der Waals surface area contributed by atoms with E-state index in [2.05, 4.69) is 17.8 Å². The van der Waals surface area contributed by atoms with Gasteiger partial charge in [0.1, 0.15) is 12.4 Å². The first kappa shape index (κ1) is 25.0. The van der Waals surface area contributed by atoms with Crippen molar-refractivity contribution in [1.29, 1.82) is 0 Å². The molecule has 0 radical (unpaired) electrons. The fraction of sp³-hybridized carbons (Fsp3) is 0.286. The number of rotatable bonds is 10. The first-order chi connectivity index (χ1) is 17.5. The van der Waals surface area contributed by atoms with E-state index in [4.69, 9.17) is 9.47 Å². The molecule has 0 aromatic heterocycles. The molecule has 36 heavy (non-hydrogen) atoms. The molecule has 2 amide bonds. The summed E-state index contributed by atoms with van der Waals surface area (Å²) in [5.41, 5.74) is 9.05. The molecule has 0 bridgehead atoms. The van der Waals surface area contributed by atoms with Crippen molar-refractivity contribution in [2.45, 2.75) is 33.3 Å². The zero-order valence-corrected chi connectivity index (χ0v) is 20.4. The molecular weight excluding hydrogens is 461 g/mol. The van der Waals surface area contributed by atoms with Crippen LogP contribution in [0, 0.1) is 11.7 Å². The van der Waals surface area contributed by atoms with Gasteiger partial charge in [0, 0.05) is 24.7 Å². The van der Waals surface area contributed by atoms with Crippen molar-refractivity contribution < 1.29 is 23.5 Å². The monoisotopic (exact) mass is 491 g/mol. The average molecular weight is 492 g/mol. The lowest BCUT2D eigenvalue weighted by Gasteiger charge is -2.18. The van der Waals surface area contributed by atoms with E-state index < -0.39 is 5.92 Å². The Labute approximate surface area is 210 Å². The van der Waals surface area contributed by atoms with E-state index >= 15 is 0 Å². The molecule has 1 atom stereocenters. The summed E-state index contributed by atoms with van der Waals surface area (Å²) in [6, 6.07) is 19.2. The highest BCUT2D eigenvalue weighted by Crippen LogP contribution is 2.31. The Morgan fingerprint density at radius 1 is 0.972 bits per heavy atom. The Morgan fingerprint density at radius 2 is 1.69 bits per heavy atom. The topological polar surface area (TPSA) is 79.9 Å². The number of hydrogen-bond donors (Lipinski definition) is 2. The lowest BCUT2D eigenvalue weighted by Crippen LogP contribution is -2.36. The second-order valence-corrected chi connectivity index (χ2v) is 8.55. The van der Waals surface area contributed by atoms with Crippen LogP contribution < -0.4 is 25.2 Å². The van der Waals surface area contributed by atoms with E-state index in [1.54, 1.807) is 35.2 Å². The van der Waals surface area contributed by atoms with Gasteiger partial charge in [0.2, 0.25) is 11.8 Å². The van der Waals surface area contributed by atoms with Crippen LogP contribution in [0.4, 0.5) is 15.8 Å². The van der Waals surface area contributed by atoms with Gasteiger partial charge in [0.05, 0.1) is 18.2 Å². The number of ether oxygens (including phenoxy) is 2. The van der Waals surface area contributed by atoms with Gasteiger partial charge in [-0.05, 0) is 60.9 Å². The minimum Gasteiger partial charge on any atom is -0.490 e. The van der Waals surface area contributed by atoms with Crippen molar-refractivity contribution >= 4 is 23.2 Å². The molecule has 1 saturated heterocycles. The van der Waals surface area contributed by atoms with Crippen molar-refractivity contribution in [3.63, 3.8) is 0 Å². The first-order valence-corrected chi connectivity index (χ1v) is 12.1. The third-order valence-corrected chi connectivity index (χ3v) is 6.03. The van der Waals surface area contributed by atoms with E-state index in [1.807, 2.05) is 31.2 Å². The van der Waals surface area contributed by atoms with E-state index in [-0.39, 0.29) is 30.7 Å². The van der Waals surface area contributed by atoms with Gasteiger partial charge in [-0.15, -0.1) is 0 Å². The number of aryl methyl sites for hydroxylation is 1. The lowest BCUT2D eigenvalue weighted by molar-refractivity contribution is -0.125. The number of anilines is 2. The Kier molecular flexibility index (Phi) is 8.05. The van der Waals surface area contributed by atoms with Crippen LogP contribution >= 0.6 is 0 Å². The van der Waals surface area contributed by atoms with Gasteiger partial charge in [-0.25, -0.2) is 4.39 Å². The summed E-state index contributed by atoms with van der Waals surface area (Å²) < 4.78 is 24.7. The summed E-state index contributed by atoms with van der Waals surface area (Å²) in [7, 11) is 0. The lowest BCUT2D eigenvalue weighted by atomic mass is 10.1. The van der Waals surface area contributed by atoms with Crippen LogP contribution in [0.25, 0.3) is 0 Å². The third kappa shape index (κ3) is 6.13. The smallest absolute Gasteiger partial charge is 0.243 e. The molecule has 3 aromatic carbocycles. The minimum absolute atomic E-state index is 0.0688. The van der Waals surface area contributed by atoms with Gasteiger partial charge in [0.25, 0.3) is 0 Å². The Hall–Kier alpha value is -4.07. The molecule has 0 saturated carbocycles. The quantitative estimate of drug-likeness (QED) is 0.396. The molecular formula is C28H30FN3O4. The molecule has 7 nitrogen and oxygen atoms in total. The largest absolute Gasteiger partial charge is 0.490 e. The summed E-state index contributed by atoms with van der Waals surface area (Å²) in [5, 5.41) is 0. The maximum absolute atomic E-state index is 13.1. The number of benzene rings is 3. The van der Waals surface area contributed by atoms with Crippen LogP contribution in [-0.4, -0.2) is 25.0 Å². The summed E-state index contributed by atoms with van der Waals surface area (Å²) in [6.45, 7) is 4.97. The highest BCUT2D eigenvalue weighted by Gasteiger charge is 2.35. The van der Waals surface area contributed by atoms with Crippen molar-refractivity contribution in [2.75, 3.05) is 23.5 Å². The van der Waals surface area contributed by atoms with Crippen LogP contribution in [-0.2, 0) is 22.6 Å².